The molecule has 0 aliphatic carbocycles. The Labute approximate surface area is 130 Å². The van der Waals surface area contributed by atoms with Crippen LogP contribution >= 0.6 is 0 Å². The molecule has 1 saturated heterocycles. The van der Waals surface area contributed by atoms with Crippen molar-refractivity contribution in [1.29, 1.82) is 0 Å². The Bertz CT molecular complexity index is 575. The highest BCUT2D eigenvalue weighted by molar-refractivity contribution is 5.67. The van der Waals surface area contributed by atoms with Crippen LogP contribution in [0.4, 0.5) is 4.79 Å². The Kier molecular flexibility index (Phi) is 4.73. The van der Waals surface area contributed by atoms with Crippen molar-refractivity contribution >= 4 is 6.09 Å². The lowest BCUT2D eigenvalue weighted by Gasteiger charge is -2.31. The van der Waals surface area contributed by atoms with Crippen LogP contribution in [-0.2, 0) is 17.8 Å². The molecule has 0 unspecified atom stereocenters. The monoisotopic (exact) mass is 299 g/mol. The molecule has 1 aliphatic heterocycles. The minimum Gasteiger partial charge on any atom is -0.445 e. The van der Waals surface area contributed by atoms with E-state index in [4.69, 9.17) is 4.74 Å². The molecule has 2 heterocycles. The molecule has 1 amide bonds. The SMILES string of the molecule is O=C(OCc1ccccc1)N1CCC(Cc2cn[nH]c2)CC1. The predicted octanol–water partition coefficient (Wildman–Crippen LogP) is 3.00. The summed E-state index contributed by atoms with van der Waals surface area (Å²) in [5.41, 5.74) is 2.26. The number of nitrogens with zero attached hydrogens (tertiary/aromatic N) is 2. The van der Waals surface area contributed by atoms with E-state index < -0.39 is 0 Å². The molecule has 2 aromatic rings. The third-order valence-corrected chi connectivity index (χ3v) is 4.16. The molecule has 1 fully saturated rings. The van der Waals surface area contributed by atoms with E-state index in [1.54, 1.807) is 0 Å². The van der Waals surface area contributed by atoms with Gasteiger partial charge in [-0.2, -0.15) is 5.10 Å². The van der Waals surface area contributed by atoms with Crippen LogP contribution in [-0.4, -0.2) is 34.3 Å². The van der Waals surface area contributed by atoms with Crippen LogP contribution in [0.25, 0.3) is 0 Å². The van der Waals surface area contributed by atoms with Gasteiger partial charge in [0.1, 0.15) is 6.61 Å². The number of carbonyl (C=O) groups excluding carboxylic acids is 1. The molecule has 5 heteroatoms. The first-order valence-corrected chi connectivity index (χ1v) is 7.74. The van der Waals surface area contributed by atoms with Gasteiger partial charge in [0.15, 0.2) is 0 Å². The van der Waals surface area contributed by atoms with Crippen molar-refractivity contribution in [3.63, 3.8) is 0 Å². The van der Waals surface area contributed by atoms with Crippen LogP contribution in [0.1, 0.15) is 24.0 Å². The molecule has 1 aliphatic rings. The van der Waals surface area contributed by atoms with Gasteiger partial charge in [0.05, 0.1) is 6.20 Å². The summed E-state index contributed by atoms with van der Waals surface area (Å²) in [6, 6.07) is 9.78. The fraction of sp³-hybridized carbons (Fsp3) is 0.412. The Hall–Kier alpha value is -2.30. The number of aromatic nitrogens is 2. The number of ether oxygens (including phenoxy) is 1. The number of H-pyrrole nitrogens is 1. The van der Waals surface area contributed by atoms with Crippen LogP contribution in [0.15, 0.2) is 42.7 Å². The number of carbonyl (C=O) groups is 1. The van der Waals surface area contributed by atoms with Gasteiger partial charge in [-0.25, -0.2) is 4.79 Å². The van der Waals surface area contributed by atoms with Crippen molar-refractivity contribution in [1.82, 2.24) is 15.1 Å². The topological polar surface area (TPSA) is 58.2 Å². The maximum atomic E-state index is 12.1. The molecule has 3 rings (SSSR count). The smallest absolute Gasteiger partial charge is 0.410 e. The molecule has 22 heavy (non-hydrogen) atoms. The molecule has 1 aromatic heterocycles. The summed E-state index contributed by atoms with van der Waals surface area (Å²) in [5, 5.41) is 6.82. The van der Waals surface area contributed by atoms with E-state index in [1.807, 2.05) is 47.6 Å². The van der Waals surface area contributed by atoms with Crippen LogP contribution in [0.5, 0.6) is 0 Å². The van der Waals surface area contributed by atoms with E-state index in [0.29, 0.717) is 12.5 Å². The second-order valence-corrected chi connectivity index (χ2v) is 5.78. The van der Waals surface area contributed by atoms with Crippen molar-refractivity contribution in [2.75, 3.05) is 13.1 Å². The number of benzene rings is 1. The fourth-order valence-corrected chi connectivity index (χ4v) is 2.85. The lowest BCUT2D eigenvalue weighted by molar-refractivity contribution is 0.0823. The number of piperidine rings is 1. The minimum atomic E-state index is -0.203. The van der Waals surface area contributed by atoms with Gasteiger partial charge in [-0.1, -0.05) is 30.3 Å². The first-order valence-electron chi connectivity index (χ1n) is 7.74. The molecule has 0 radical (unpaired) electrons. The lowest BCUT2D eigenvalue weighted by atomic mass is 9.91. The molecule has 116 valence electrons. The van der Waals surface area contributed by atoms with Gasteiger partial charge in [0.2, 0.25) is 0 Å². The van der Waals surface area contributed by atoms with Gasteiger partial charge in [-0.3, -0.25) is 5.10 Å². The number of nitrogens with one attached hydrogen (secondary N) is 1. The normalized spacial score (nSPS) is 15.7. The van der Waals surface area contributed by atoms with Crippen molar-refractivity contribution in [3.05, 3.63) is 53.9 Å². The molecule has 1 N–H and O–H groups in total. The fourth-order valence-electron chi connectivity index (χ4n) is 2.85. The summed E-state index contributed by atoms with van der Waals surface area (Å²) in [5.74, 6) is 0.621. The van der Waals surface area contributed by atoms with Crippen molar-refractivity contribution in [3.8, 4) is 0 Å². The highest BCUT2D eigenvalue weighted by Gasteiger charge is 2.24. The second-order valence-electron chi connectivity index (χ2n) is 5.78. The standard InChI is InChI=1S/C17H21N3O2/c21-17(22-13-15-4-2-1-3-5-15)20-8-6-14(7-9-20)10-16-11-18-19-12-16/h1-5,11-12,14H,6-10,13H2,(H,18,19). The quantitative estimate of drug-likeness (QED) is 0.944. The predicted molar refractivity (Wildman–Crippen MR) is 83.2 cm³/mol. The second kappa shape index (κ2) is 7.11. The van der Waals surface area contributed by atoms with Gasteiger partial charge in [-0.15, -0.1) is 0 Å². The molecule has 5 nitrogen and oxygen atoms in total. The summed E-state index contributed by atoms with van der Waals surface area (Å²) < 4.78 is 5.38. The largest absolute Gasteiger partial charge is 0.445 e. The van der Waals surface area contributed by atoms with E-state index in [2.05, 4.69) is 10.2 Å². The molecule has 0 spiro atoms. The van der Waals surface area contributed by atoms with E-state index in [9.17, 15) is 4.79 Å². The van der Waals surface area contributed by atoms with Crippen LogP contribution in [0.3, 0.4) is 0 Å². The van der Waals surface area contributed by atoms with Crippen LogP contribution in [0, 0.1) is 5.92 Å². The molecular weight excluding hydrogens is 278 g/mol. The first kappa shape index (κ1) is 14.6. The maximum absolute atomic E-state index is 12.1. The van der Waals surface area contributed by atoms with E-state index in [-0.39, 0.29) is 6.09 Å². The number of hydrogen-bond donors (Lipinski definition) is 1. The van der Waals surface area contributed by atoms with Gasteiger partial charge in [0.25, 0.3) is 0 Å². The average Bonchev–Trinajstić information content (AvgIpc) is 3.07. The van der Waals surface area contributed by atoms with Gasteiger partial charge in [-0.05, 0) is 36.3 Å². The van der Waals surface area contributed by atoms with Gasteiger partial charge >= 0.3 is 6.09 Å². The number of amides is 1. The van der Waals surface area contributed by atoms with Crippen LogP contribution in [0.2, 0.25) is 0 Å². The molecule has 1 aromatic carbocycles. The van der Waals surface area contributed by atoms with Crippen molar-refractivity contribution in [2.45, 2.75) is 25.9 Å². The van der Waals surface area contributed by atoms with E-state index in [1.165, 1.54) is 5.56 Å². The summed E-state index contributed by atoms with van der Waals surface area (Å²) in [6.45, 7) is 1.89. The maximum Gasteiger partial charge on any atom is 0.410 e. The first-order chi connectivity index (χ1) is 10.8. The zero-order chi connectivity index (χ0) is 15.2. The van der Waals surface area contributed by atoms with Crippen molar-refractivity contribution in [2.24, 2.45) is 5.92 Å². The molecule has 0 atom stereocenters. The Morgan fingerprint density at radius 1 is 1.23 bits per heavy atom. The molecular formula is C17H21N3O2. The van der Waals surface area contributed by atoms with Crippen molar-refractivity contribution < 1.29 is 9.53 Å². The Morgan fingerprint density at radius 2 is 2.00 bits per heavy atom. The Morgan fingerprint density at radius 3 is 2.68 bits per heavy atom. The van der Waals surface area contributed by atoms with E-state index >= 15 is 0 Å². The summed E-state index contributed by atoms with van der Waals surface area (Å²) in [7, 11) is 0. The zero-order valence-electron chi connectivity index (χ0n) is 12.6. The number of likely N-dealkylation sites (tertiary alicyclic amines) is 1. The van der Waals surface area contributed by atoms with Gasteiger partial charge < -0.3 is 9.64 Å². The summed E-state index contributed by atoms with van der Waals surface area (Å²) in [4.78, 5) is 13.9. The third-order valence-electron chi connectivity index (χ3n) is 4.16. The average molecular weight is 299 g/mol. The van der Waals surface area contributed by atoms with E-state index in [0.717, 1.165) is 37.9 Å². The third kappa shape index (κ3) is 3.87. The highest BCUT2D eigenvalue weighted by atomic mass is 16.6. The Balaban J connectivity index is 1.42. The zero-order valence-corrected chi connectivity index (χ0v) is 12.6. The minimum absolute atomic E-state index is 0.203. The molecule has 0 saturated carbocycles. The molecule has 0 bridgehead atoms. The number of rotatable bonds is 4. The number of aromatic amines is 1. The highest BCUT2D eigenvalue weighted by Crippen LogP contribution is 2.21. The lowest BCUT2D eigenvalue weighted by Crippen LogP contribution is -2.39. The van der Waals surface area contributed by atoms with Gasteiger partial charge in [0, 0.05) is 19.3 Å². The van der Waals surface area contributed by atoms with Crippen LogP contribution < -0.4 is 0 Å². The number of hydrogen-bond acceptors (Lipinski definition) is 3. The summed E-state index contributed by atoms with van der Waals surface area (Å²) >= 11 is 0. The summed E-state index contributed by atoms with van der Waals surface area (Å²) in [6.07, 6.45) is 6.69.